The molecule has 4 nitrogen and oxygen atoms in total. The van der Waals surface area contributed by atoms with Gasteiger partial charge in [0.25, 0.3) is 0 Å². The smallest absolute Gasteiger partial charge is 0.165 e. The largest absolute Gasteiger partial charge is 0.455 e. The van der Waals surface area contributed by atoms with E-state index in [4.69, 9.17) is 19.4 Å². The fourth-order valence-electron chi connectivity index (χ4n) is 7.84. The lowest BCUT2D eigenvalue weighted by atomic mass is 9.93. The van der Waals surface area contributed by atoms with Crippen LogP contribution in [0.4, 0.5) is 0 Å². The van der Waals surface area contributed by atoms with E-state index in [0.717, 1.165) is 65.6 Å². The molecular formula is C51H31N3OS. The van der Waals surface area contributed by atoms with Gasteiger partial charge in [-0.3, -0.25) is 0 Å². The lowest BCUT2D eigenvalue weighted by molar-refractivity contribution is 0.670. The summed E-state index contributed by atoms with van der Waals surface area (Å²) in [7, 11) is 0. The van der Waals surface area contributed by atoms with E-state index in [2.05, 4.69) is 121 Å². The summed E-state index contributed by atoms with van der Waals surface area (Å²) in [6.07, 6.45) is 0. The number of rotatable bonds is 6. The molecule has 5 heteroatoms. The summed E-state index contributed by atoms with van der Waals surface area (Å²) in [4.78, 5) is 15.2. The van der Waals surface area contributed by atoms with Crippen LogP contribution < -0.4 is 0 Å². The maximum atomic E-state index is 6.73. The first-order valence-electron chi connectivity index (χ1n) is 18.7. The van der Waals surface area contributed by atoms with Gasteiger partial charge in [-0.2, -0.15) is 0 Å². The van der Waals surface area contributed by atoms with Gasteiger partial charge in [-0.25, -0.2) is 15.0 Å². The van der Waals surface area contributed by atoms with E-state index >= 15 is 0 Å². The van der Waals surface area contributed by atoms with Crippen molar-refractivity contribution < 1.29 is 4.42 Å². The van der Waals surface area contributed by atoms with Gasteiger partial charge in [0.15, 0.2) is 17.5 Å². The molecule has 11 rings (SSSR count). The van der Waals surface area contributed by atoms with Crippen molar-refractivity contribution in [1.82, 2.24) is 15.0 Å². The SMILES string of the molecule is c1ccc(-c2cccc(-c3cc(-c4cccc5c4sc4c(-c6nc(-c7ccccc7)nc(-c7ccccc7)n6)cccc45)c4oc5ccccc5c4c3)c2)cc1. The second-order valence-electron chi connectivity index (χ2n) is 14.0. The first kappa shape index (κ1) is 32.2. The lowest BCUT2D eigenvalue weighted by Gasteiger charge is -2.11. The molecule has 0 aliphatic carbocycles. The van der Waals surface area contributed by atoms with E-state index < -0.39 is 0 Å². The molecule has 0 N–H and O–H groups in total. The van der Waals surface area contributed by atoms with E-state index in [1.807, 2.05) is 66.7 Å². The zero-order valence-electron chi connectivity index (χ0n) is 30.1. The van der Waals surface area contributed by atoms with Crippen LogP contribution in [0.1, 0.15) is 0 Å². The average Bonchev–Trinajstić information content (AvgIpc) is 3.86. The summed E-state index contributed by atoms with van der Waals surface area (Å²) in [6, 6.07) is 65.7. The Hall–Kier alpha value is -7.21. The molecule has 0 saturated heterocycles. The number of thiophene rings is 1. The number of fused-ring (bicyclic) bond motifs is 6. The normalized spacial score (nSPS) is 11.6. The molecule has 11 aromatic rings. The zero-order chi connectivity index (χ0) is 37.0. The van der Waals surface area contributed by atoms with Gasteiger partial charge in [0.1, 0.15) is 11.2 Å². The quantitative estimate of drug-likeness (QED) is 0.171. The molecule has 8 aromatic carbocycles. The average molecular weight is 734 g/mol. The maximum absolute atomic E-state index is 6.73. The molecule has 0 unspecified atom stereocenters. The van der Waals surface area contributed by atoms with Gasteiger partial charge < -0.3 is 4.42 Å². The summed E-state index contributed by atoms with van der Waals surface area (Å²) >= 11 is 1.78. The Kier molecular flexibility index (Phi) is 7.64. The molecule has 0 bridgehead atoms. The molecule has 0 aliphatic rings. The lowest BCUT2D eigenvalue weighted by Crippen LogP contribution is -2.00. The first-order chi connectivity index (χ1) is 27.7. The molecule has 3 heterocycles. The third kappa shape index (κ3) is 5.48. The summed E-state index contributed by atoms with van der Waals surface area (Å²) < 4.78 is 9.04. The van der Waals surface area contributed by atoms with Crippen LogP contribution in [0.2, 0.25) is 0 Å². The number of hydrogen-bond donors (Lipinski definition) is 0. The topological polar surface area (TPSA) is 51.8 Å². The maximum Gasteiger partial charge on any atom is 0.165 e. The highest BCUT2D eigenvalue weighted by Gasteiger charge is 2.21. The molecule has 0 spiro atoms. The van der Waals surface area contributed by atoms with Crippen molar-refractivity contribution in [3.63, 3.8) is 0 Å². The molecule has 0 aliphatic heterocycles. The van der Waals surface area contributed by atoms with Gasteiger partial charge in [0.05, 0.1) is 0 Å². The van der Waals surface area contributed by atoms with Crippen molar-refractivity contribution in [1.29, 1.82) is 0 Å². The highest BCUT2D eigenvalue weighted by Crippen LogP contribution is 2.47. The van der Waals surface area contributed by atoms with Gasteiger partial charge in [0, 0.05) is 58.8 Å². The number of para-hydroxylation sites is 1. The Labute approximate surface area is 327 Å². The molecule has 0 radical (unpaired) electrons. The second kappa shape index (κ2) is 13.3. The zero-order valence-corrected chi connectivity index (χ0v) is 30.9. The molecule has 3 aromatic heterocycles. The third-order valence-corrected chi connectivity index (χ3v) is 11.8. The van der Waals surface area contributed by atoms with Crippen LogP contribution in [0.25, 0.3) is 110 Å². The van der Waals surface area contributed by atoms with E-state index in [9.17, 15) is 0 Å². The van der Waals surface area contributed by atoms with Gasteiger partial charge in [-0.15, -0.1) is 11.3 Å². The van der Waals surface area contributed by atoms with Crippen molar-refractivity contribution in [3.8, 4) is 67.5 Å². The predicted octanol–water partition coefficient (Wildman–Crippen LogP) is 14.1. The summed E-state index contributed by atoms with van der Waals surface area (Å²) in [5, 5.41) is 4.56. The molecule has 0 amide bonds. The number of hydrogen-bond acceptors (Lipinski definition) is 5. The van der Waals surface area contributed by atoms with Gasteiger partial charge in [-0.05, 0) is 52.6 Å². The van der Waals surface area contributed by atoms with Crippen molar-refractivity contribution in [2.45, 2.75) is 0 Å². The Bertz CT molecular complexity index is 3180. The minimum Gasteiger partial charge on any atom is -0.455 e. The standard InChI is InChI=1S/C51H31N3OS/c1-4-15-32(16-5-1)35-21-12-22-36(29-35)37-30-43-38-23-10-11-28-45(38)55-46(43)44(31-37)41-26-13-24-39-40-25-14-27-42(48(40)56-47(39)41)51-53-49(33-17-6-2-7-18-33)52-50(54-51)34-19-8-3-9-20-34/h1-31H. The van der Waals surface area contributed by atoms with E-state index in [1.54, 1.807) is 11.3 Å². The molecule has 0 atom stereocenters. The minimum absolute atomic E-state index is 0.647. The van der Waals surface area contributed by atoms with Gasteiger partial charge in [0.2, 0.25) is 0 Å². The number of benzene rings is 8. The third-order valence-electron chi connectivity index (χ3n) is 10.5. The van der Waals surface area contributed by atoms with E-state index in [1.165, 1.54) is 26.6 Å². The number of furan rings is 1. The van der Waals surface area contributed by atoms with Crippen LogP contribution in [0.5, 0.6) is 0 Å². The molecule has 262 valence electrons. The van der Waals surface area contributed by atoms with Gasteiger partial charge in [-0.1, -0.05) is 158 Å². The molecule has 0 saturated carbocycles. The van der Waals surface area contributed by atoms with E-state index in [-0.39, 0.29) is 0 Å². The Morgan fingerprint density at radius 1 is 0.321 bits per heavy atom. The number of aromatic nitrogens is 3. The van der Waals surface area contributed by atoms with Crippen molar-refractivity contribution in [2.24, 2.45) is 0 Å². The second-order valence-corrected chi connectivity index (χ2v) is 15.0. The van der Waals surface area contributed by atoms with Gasteiger partial charge >= 0.3 is 0 Å². The Morgan fingerprint density at radius 3 is 1.50 bits per heavy atom. The van der Waals surface area contributed by atoms with Crippen LogP contribution in [0.3, 0.4) is 0 Å². The Balaban J connectivity index is 1.14. The monoisotopic (exact) mass is 733 g/mol. The van der Waals surface area contributed by atoms with Crippen molar-refractivity contribution in [3.05, 3.63) is 188 Å². The van der Waals surface area contributed by atoms with Crippen LogP contribution >= 0.6 is 11.3 Å². The van der Waals surface area contributed by atoms with Crippen LogP contribution in [0.15, 0.2) is 192 Å². The highest BCUT2D eigenvalue weighted by molar-refractivity contribution is 7.26. The van der Waals surface area contributed by atoms with Crippen molar-refractivity contribution >= 4 is 53.4 Å². The first-order valence-corrected chi connectivity index (χ1v) is 19.5. The molecular weight excluding hydrogens is 703 g/mol. The fraction of sp³-hybridized carbons (Fsp3) is 0. The number of nitrogens with zero attached hydrogens (tertiary/aromatic N) is 3. The minimum atomic E-state index is 0.647. The molecule has 56 heavy (non-hydrogen) atoms. The van der Waals surface area contributed by atoms with Crippen LogP contribution in [-0.2, 0) is 0 Å². The Morgan fingerprint density at radius 2 is 0.821 bits per heavy atom. The fourth-order valence-corrected chi connectivity index (χ4v) is 9.18. The van der Waals surface area contributed by atoms with Crippen LogP contribution in [0, 0.1) is 0 Å². The van der Waals surface area contributed by atoms with Crippen LogP contribution in [-0.4, -0.2) is 15.0 Å². The summed E-state index contributed by atoms with van der Waals surface area (Å²) in [5.41, 5.74) is 11.5. The van der Waals surface area contributed by atoms with E-state index in [0.29, 0.717) is 17.5 Å². The summed E-state index contributed by atoms with van der Waals surface area (Å²) in [6.45, 7) is 0. The van der Waals surface area contributed by atoms with Crippen molar-refractivity contribution in [2.75, 3.05) is 0 Å². The highest BCUT2D eigenvalue weighted by atomic mass is 32.1. The molecule has 0 fully saturated rings. The summed E-state index contributed by atoms with van der Waals surface area (Å²) in [5.74, 6) is 1.94. The predicted molar refractivity (Wildman–Crippen MR) is 233 cm³/mol.